The SMILES string of the molecule is C=Bc1ccc(-c2nc(-c3ccccc3)nc(-c3ccccc3)n2)cc1. The molecule has 0 saturated heterocycles. The van der Waals surface area contributed by atoms with Gasteiger partial charge in [0.2, 0.25) is 0 Å². The fourth-order valence-electron chi connectivity index (χ4n) is 2.71. The van der Waals surface area contributed by atoms with Crippen LogP contribution in [0.5, 0.6) is 0 Å². The minimum absolute atomic E-state index is 0.660. The van der Waals surface area contributed by atoms with E-state index in [-0.39, 0.29) is 0 Å². The molecule has 0 unspecified atom stereocenters. The Balaban J connectivity index is 1.88. The average molecular weight is 333 g/mol. The molecule has 0 aliphatic carbocycles. The molecule has 0 aliphatic rings. The van der Waals surface area contributed by atoms with E-state index in [1.54, 1.807) is 0 Å². The summed E-state index contributed by atoms with van der Waals surface area (Å²) in [5.74, 6) is 2.00. The molecule has 26 heavy (non-hydrogen) atoms. The average Bonchev–Trinajstić information content (AvgIpc) is 2.75. The van der Waals surface area contributed by atoms with Crippen molar-refractivity contribution in [3.8, 4) is 34.2 Å². The van der Waals surface area contributed by atoms with Crippen molar-refractivity contribution in [1.82, 2.24) is 15.0 Å². The predicted octanol–water partition coefficient (Wildman–Crippen LogP) is 3.63. The molecule has 3 aromatic carbocycles. The van der Waals surface area contributed by atoms with Crippen molar-refractivity contribution < 1.29 is 0 Å². The monoisotopic (exact) mass is 333 g/mol. The maximum absolute atomic E-state index is 4.71. The van der Waals surface area contributed by atoms with E-state index in [2.05, 4.69) is 6.47 Å². The summed E-state index contributed by atoms with van der Waals surface area (Å²) in [4.78, 5) is 14.1. The van der Waals surface area contributed by atoms with Crippen molar-refractivity contribution in [1.29, 1.82) is 0 Å². The Labute approximate surface area is 153 Å². The van der Waals surface area contributed by atoms with Gasteiger partial charge in [-0.2, -0.15) is 0 Å². The van der Waals surface area contributed by atoms with Crippen molar-refractivity contribution >= 4 is 18.9 Å². The summed E-state index contributed by atoms with van der Waals surface area (Å²) < 4.78 is 0. The summed E-state index contributed by atoms with van der Waals surface area (Å²) >= 11 is 0. The van der Waals surface area contributed by atoms with Crippen LogP contribution in [-0.2, 0) is 0 Å². The number of benzene rings is 3. The standard InChI is InChI=1S/C22H16BN3/c1-23-19-14-12-18(13-15-19)22-25-20(16-8-4-2-5-9-16)24-21(26-22)17-10-6-3-7-11-17/h2-15H,1H2. The van der Waals surface area contributed by atoms with Gasteiger partial charge < -0.3 is 0 Å². The molecule has 0 atom stereocenters. The fraction of sp³-hybridized carbons (Fsp3) is 0. The molecule has 1 heterocycles. The third kappa shape index (κ3) is 3.35. The normalized spacial score (nSPS) is 10.3. The second-order valence-electron chi connectivity index (χ2n) is 5.86. The van der Waals surface area contributed by atoms with Crippen molar-refractivity contribution in [2.45, 2.75) is 0 Å². The van der Waals surface area contributed by atoms with Gasteiger partial charge in [-0.15, -0.1) is 0 Å². The van der Waals surface area contributed by atoms with Crippen LogP contribution in [-0.4, -0.2) is 28.3 Å². The molecule has 1 aromatic heterocycles. The van der Waals surface area contributed by atoms with Crippen LogP contribution in [0.3, 0.4) is 0 Å². The maximum atomic E-state index is 4.71. The molecule has 0 fully saturated rings. The first kappa shape index (κ1) is 16.1. The van der Waals surface area contributed by atoms with Gasteiger partial charge in [-0.1, -0.05) is 0 Å². The van der Waals surface area contributed by atoms with Crippen molar-refractivity contribution in [3.05, 3.63) is 84.9 Å². The van der Waals surface area contributed by atoms with Gasteiger partial charge in [-0.05, 0) is 0 Å². The molecular formula is C22H16BN3. The minimum atomic E-state index is 0.660. The third-order valence-corrected chi connectivity index (χ3v) is 4.10. The summed E-state index contributed by atoms with van der Waals surface area (Å²) in [6, 6.07) is 28.0. The molecule has 0 radical (unpaired) electrons. The third-order valence-electron chi connectivity index (χ3n) is 4.10. The Bertz CT molecular complexity index is 972. The number of aromatic nitrogens is 3. The van der Waals surface area contributed by atoms with Crippen LogP contribution in [0.1, 0.15) is 0 Å². The van der Waals surface area contributed by atoms with E-state index in [0.717, 1.165) is 22.2 Å². The molecule has 0 aliphatic heterocycles. The second-order valence-corrected chi connectivity index (χ2v) is 5.86. The second kappa shape index (κ2) is 7.24. The first-order valence-electron chi connectivity index (χ1n) is 8.43. The Morgan fingerprint density at radius 2 is 0.885 bits per heavy atom. The van der Waals surface area contributed by atoms with E-state index < -0.39 is 0 Å². The molecule has 0 amide bonds. The molecule has 122 valence electrons. The first-order valence-corrected chi connectivity index (χ1v) is 8.43. The van der Waals surface area contributed by atoms with E-state index >= 15 is 0 Å². The summed E-state index contributed by atoms with van der Waals surface area (Å²) in [6.07, 6.45) is 0. The van der Waals surface area contributed by atoms with Gasteiger partial charge >= 0.3 is 153 Å². The van der Waals surface area contributed by atoms with E-state index in [1.807, 2.05) is 91.9 Å². The Morgan fingerprint density at radius 3 is 1.27 bits per heavy atom. The van der Waals surface area contributed by atoms with Crippen LogP contribution in [0.2, 0.25) is 0 Å². The molecule has 0 spiro atoms. The van der Waals surface area contributed by atoms with Crippen LogP contribution in [0.4, 0.5) is 0 Å². The van der Waals surface area contributed by atoms with Crippen LogP contribution >= 0.6 is 0 Å². The van der Waals surface area contributed by atoms with Gasteiger partial charge in [0.1, 0.15) is 0 Å². The van der Waals surface area contributed by atoms with Crippen LogP contribution in [0.25, 0.3) is 34.2 Å². The fourth-order valence-corrected chi connectivity index (χ4v) is 2.71. The Kier molecular flexibility index (Phi) is 4.48. The molecule has 4 heteroatoms. The van der Waals surface area contributed by atoms with Gasteiger partial charge in [-0.25, -0.2) is 0 Å². The van der Waals surface area contributed by atoms with Gasteiger partial charge in [0, 0.05) is 0 Å². The number of hydrogen-bond donors (Lipinski definition) is 0. The van der Waals surface area contributed by atoms with E-state index in [1.165, 1.54) is 0 Å². The molecular weight excluding hydrogens is 317 g/mol. The topological polar surface area (TPSA) is 38.7 Å². The molecule has 0 bridgehead atoms. The summed E-state index contributed by atoms with van der Waals surface area (Å²) in [7, 11) is 0. The van der Waals surface area contributed by atoms with E-state index in [9.17, 15) is 0 Å². The van der Waals surface area contributed by atoms with Crippen molar-refractivity contribution in [3.63, 3.8) is 0 Å². The van der Waals surface area contributed by atoms with Crippen molar-refractivity contribution in [2.24, 2.45) is 0 Å². The molecule has 3 nitrogen and oxygen atoms in total. The van der Waals surface area contributed by atoms with Gasteiger partial charge in [-0.3, -0.25) is 0 Å². The number of hydrogen-bond acceptors (Lipinski definition) is 3. The summed E-state index contributed by atoms with van der Waals surface area (Å²) in [5.41, 5.74) is 3.95. The Hall–Kier alpha value is -3.40. The molecule has 0 N–H and O–H groups in total. The first-order chi connectivity index (χ1) is 12.8. The zero-order chi connectivity index (χ0) is 17.8. The van der Waals surface area contributed by atoms with Gasteiger partial charge in [0.15, 0.2) is 0 Å². The Morgan fingerprint density at radius 1 is 0.500 bits per heavy atom. The zero-order valence-corrected chi connectivity index (χ0v) is 14.2. The van der Waals surface area contributed by atoms with E-state index in [0.29, 0.717) is 17.5 Å². The van der Waals surface area contributed by atoms with Gasteiger partial charge in [0.25, 0.3) is 0 Å². The van der Waals surface area contributed by atoms with Crippen LogP contribution in [0, 0.1) is 0 Å². The molecule has 4 aromatic rings. The number of nitrogens with zero attached hydrogens (tertiary/aromatic N) is 3. The van der Waals surface area contributed by atoms with Crippen molar-refractivity contribution in [2.75, 3.05) is 0 Å². The molecule has 4 rings (SSSR count). The zero-order valence-electron chi connectivity index (χ0n) is 14.2. The van der Waals surface area contributed by atoms with Gasteiger partial charge in [0.05, 0.1) is 0 Å². The predicted molar refractivity (Wildman–Crippen MR) is 109 cm³/mol. The molecule has 0 saturated carbocycles. The summed E-state index contributed by atoms with van der Waals surface area (Å²) in [5, 5.41) is 0. The van der Waals surface area contributed by atoms with Crippen LogP contribution in [0.15, 0.2) is 84.9 Å². The van der Waals surface area contributed by atoms with E-state index in [4.69, 9.17) is 15.0 Å². The quantitative estimate of drug-likeness (QED) is 0.535. The summed E-state index contributed by atoms with van der Waals surface area (Å²) in [6.45, 7) is 5.62. The van der Waals surface area contributed by atoms with Crippen LogP contribution < -0.4 is 5.46 Å². The number of rotatable bonds is 4.